The van der Waals surface area contributed by atoms with E-state index in [1.165, 1.54) is 0 Å². The summed E-state index contributed by atoms with van der Waals surface area (Å²) in [5.74, 6) is 2.03. The van der Waals surface area contributed by atoms with Gasteiger partial charge in [0.05, 0.1) is 12.3 Å². The van der Waals surface area contributed by atoms with Gasteiger partial charge in [-0.2, -0.15) is 0 Å². The zero-order valence-electron chi connectivity index (χ0n) is 17.5. The summed E-state index contributed by atoms with van der Waals surface area (Å²) in [4.78, 5) is 13.3. The predicted octanol–water partition coefficient (Wildman–Crippen LogP) is 3.17. The molecule has 1 aliphatic rings. The Hall–Kier alpha value is -3.51. The number of anilines is 1. The van der Waals surface area contributed by atoms with Crippen LogP contribution >= 0.6 is 0 Å². The molecule has 6 heteroatoms. The van der Waals surface area contributed by atoms with Gasteiger partial charge in [0, 0.05) is 5.56 Å². The fraction of sp³-hybridized carbons (Fsp3) is 0.240. The van der Waals surface area contributed by atoms with Gasteiger partial charge in [-0.3, -0.25) is 4.79 Å². The molecule has 0 spiro atoms. The van der Waals surface area contributed by atoms with Crippen molar-refractivity contribution in [3.8, 4) is 17.2 Å². The third kappa shape index (κ3) is 5.16. The first-order chi connectivity index (χ1) is 15.2. The van der Waals surface area contributed by atoms with Crippen molar-refractivity contribution in [3.63, 3.8) is 0 Å². The lowest BCUT2D eigenvalue weighted by Crippen LogP contribution is -2.89. The third-order valence-corrected chi connectivity index (χ3v) is 5.09. The van der Waals surface area contributed by atoms with Gasteiger partial charge < -0.3 is 24.8 Å². The monoisotopic (exact) mass is 419 g/mol. The first kappa shape index (κ1) is 20.8. The lowest BCUT2D eigenvalue weighted by atomic mass is 10.1. The third-order valence-electron chi connectivity index (χ3n) is 5.09. The van der Waals surface area contributed by atoms with Crippen LogP contribution in [0.4, 0.5) is 5.69 Å². The van der Waals surface area contributed by atoms with Crippen molar-refractivity contribution >= 4 is 11.6 Å². The van der Waals surface area contributed by atoms with E-state index >= 15 is 0 Å². The molecule has 0 aromatic heterocycles. The maximum Gasteiger partial charge on any atom is 0.287 e. The highest BCUT2D eigenvalue weighted by molar-refractivity contribution is 5.95. The summed E-state index contributed by atoms with van der Waals surface area (Å²) in [5, 5.41) is 5.03. The largest absolute Gasteiger partial charge is 0.492 e. The number of nitrogens with two attached hydrogens (primary N) is 1. The number of hydrogen-bond acceptors (Lipinski definition) is 4. The Balaban J connectivity index is 1.47. The van der Waals surface area contributed by atoms with Gasteiger partial charge in [-0.25, -0.2) is 0 Å². The van der Waals surface area contributed by atoms with Gasteiger partial charge in [-0.05, 0) is 31.2 Å². The first-order valence-corrected chi connectivity index (χ1v) is 10.5. The molecule has 31 heavy (non-hydrogen) atoms. The van der Waals surface area contributed by atoms with Crippen molar-refractivity contribution in [2.24, 2.45) is 0 Å². The summed E-state index contributed by atoms with van der Waals surface area (Å²) in [6, 6.07) is 24.4. The van der Waals surface area contributed by atoms with E-state index in [1.807, 2.05) is 91.1 Å². The van der Waals surface area contributed by atoms with Gasteiger partial charge >= 0.3 is 0 Å². The molecule has 3 N–H and O–H groups in total. The minimum atomic E-state index is -0.434. The van der Waals surface area contributed by atoms with E-state index in [0.29, 0.717) is 31.2 Å². The SMILES string of the molecule is CCOc1ccccc1NC(=O)[C@@H]([NH2+]C[C@H]1COc2ccccc2O1)c1ccccc1. The predicted molar refractivity (Wildman–Crippen MR) is 119 cm³/mol. The smallest absolute Gasteiger partial charge is 0.287 e. The second-order valence-corrected chi connectivity index (χ2v) is 7.28. The average molecular weight is 420 g/mol. The first-order valence-electron chi connectivity index (χ1n) is 10.5. The summed E-state index contributed by atoms with van der Waals surface area (Å²) in [6.07, 6.45) is -0.148. The van der Waals surface area contributed by atoms with E-state index in [4.69, 9.17) is 14.2 Å². The van der Waals surface area contributed by atoms with Crippen LogP contribution in [0.15, 0.2) is 78.9 Å². The number of ether oxygens (including phenoxy) is 3. The van der Waals surface area contributed by atoms with Crippen LogP contribution in [-0.2, 0) is 4.79 Å². The number of fused-ring (bicyclic) bond motifs is 1. The second kappa shape index (κ2) is 10.00. The Morgan fingerprint density at radius 2 is 1.74 bits per heavy atom. The van der Waals surface area contributed by atoms with Crippen LogP contribution in [0, 0.1) is 0 Å². The van der Waals surface area contributed by atoms with Crippen molar-refractivity contribution in [2.45, 2.75) is 19.1 Å². The molecule has 0 unspecified atom stereocenters. The average Bonchev–Trinajstić information content (AvgIpc) is 2.81. The molecular formula is C25H27N2O4+. The molecule has 1 heterocycles. The van der Waals surface area contributed by atoms with Crippen molar-refractivity contribution in [1.82, 2.24) is 0 Å². The lowest BCUT2D eigenvalue weighted by molar-refractivity contribution is -0.687. The summed E-state index contributed by atoms with van der Waals surface area (Å²) >= 11 is 0. The van der Waals surface area contributed by atoms with Crippen LogP contribution in [0.5, 0.6) is 17.2 Å². The molecule has 2 atom stereocenters. The van der Waals surface area contributed by atoms with E-state index in [1.54, 1.807) is 0 Å². The molecule has 3 aromatic rings. The number of carbonyl (C=O) groups is 1. The van der Waals surface area contributed by atoms with E-state index < -0.39 is 6.04 Å². The Morgan fingerprint density at radius 3 is 2.55 bits per heavy atom. The highest BCUT2D eigenvalue weighted by Gasteiger charge is 2.29. The van der Waals surface area contributed by atoms with Gasteiger partial charge in [-0.1, -0.05) is 54.6 Å². The maximum atomic E-state index is 13.3. The fourth-order valence-corrected chi connectivity index (χ4v) is 3.58. The maximum absolute atomic E-state index is 13.3. The number of rotatable bonds is 8. The topological polar surface area (TPSA) is 73.4 Å². The molecule has 160 valence electrons. The number of para-hydroxylation sites is 4. The number of quaternary nitrogens is 1. The summed E-state index contributed by atoms with van der Waals surface area (Å²) in [7, 11) is 0. The minimum absolute atomic E-state index is 0.115. The molecule has 0 fully saturated rings. The normalized spacial score (nSPS) is 15.7. The summed E-state index contributed by atoms with van der Waals surface area (Å²) in [5.41, 5.74) is 1.58. The Kier molecular flexibility index (Phi) is 6.69. The molecule has 0 saturated carbocycles. The molecule has 0 saturated heterocycles. The van der Waals surface area contributed by atoms with Crippen molar-refractivity contribution < 1.29 is 24.3 Å². The van der Waals surface area contributed by atoms with E-state index in [0.717, 1.165) is 17.1 Å². The van der Waals surface area contributed by atoms with E-state index in [-0.39, 0.29) is 12.0 Å². The van der Waals surface area contributed by atoms with Crippen molar-refractivity contribution in [2.75, 3.05) is 25.1 Å². The molecule has 3 aromatic carbocycles. The molecule has 6 nitrogen and oxygen atoms in total. The highest BCUT2D eigenvalue weighted by Crippen LogP contribution is 2.30. The number of hydrogen-bond donors (Lipinski definition) is 2. The standard InChI is InChI=1S/C25H26N2O4/c1-2-29-21-13-7-6-12-20(21)27-25(28)24(18-10-4-3-5-11-18)26-16-19-17-30-22-14-8-9-15-23(22)31-19/h3-15,19,24,26H,2,16-17H2,1H3,(H,27,28)/p+1/t19-,24-/m0/s1. The zero-order valence-corrected chi connectivity index (χ0v) is 17.5. The molecule has 0 bridgehead atoms. The van der Waals surface area contributed by atoms with Crippen LogP contribution in [0.25, 0.3) is 0 Å². The van der Waals surface area contributed by atoms with Crippen LogP contribution in [0.1, 0.15) is 18.5 Å². The molecule has 1 amide bonds. The van der Waals surface area contributed by atoms with Gasteiger partial charge in [0.15, 0.2) is 23.6 Å². The minimum Gasteiger partial charge on any atom is -0.492 e. The van der Waals surface area contributed by atoms with Gasteiger partial charge in [-0.15, -0.1) is 0 Å². The van der Waals surface area contributed by atoms with Crippen LogP contribution in [0.3, 0.4) is 0 Å². The van der Waals surface area contributed by atoms with Crippen molar-refractivity contribution in [3.05, 3.63) is 84.4 Å². The summed E-state index contributed by atoms with van der Waals surface area (Å²) < 4.78 is 17.5. The fourth-order valence-electron chi connectivity index (χ4n) is 3.58. The number of amides is 1. The van der Waals surface area contributed by atoms with E-state index in [9.17, 15) is 4.79 Å². The van der Waals surface area contributed by atoms with Crippen molar-refractivity contribution in [1.29, 1.82) is 0 Å². The van der Waals surface area contributed by atoms with Gasteiger partial charge in [0.25, 0.3) is 5.91 Å². The number of nitrogens with one attached hydrogen (secondary N) is 1. The Morgan fingerprint density at radius 1 is 1.03 bits per heavy atom. The number of benzene rings is 3. The van der Waals surface area contributed by atoms with Gasteiger partial charge in [0.1, 0.15) is 18.9 Å². The van der Waals surface area contributed by atoms with Crippen LogP contribution < -0.4 is 24.8 Å². The Labute approximate surface area is 182 Å². The molecule has 4 rings (SSSR count). The molecule has 1 aliphatic heterocycles. The molecule has 0 aliphatic carbocycles. The molecular weight excluding hydrogens is 392 g/mol. The summed E-state index contributed by atoms with van der Waals surface area (Å²) in [6.45, 7) is 3.48. The molecule has 0 radical (unpaired) electrons. The van der Waals surface area contributed by atoms with Gasteiger partial charge in [0.2, 0.25) is 0 Å². The lowest BCUT2D eigenvalue weighted by Gasteiger charge is -2.26. The van der Waals surface area contributed by atoms with Crippen LogP contribution in [-0.4, -0.2) is 31.8 Å². The Bertz CT molecular complexity index is 1010. The van der Waals surface area contributed by atoms with Crippen LogP contribution in [0.2, 0.25) is 0 Å². The van der Waals surface area contributed by atoms with E-state index in [2.05, 4.69) is 5.32 Å². The number of carbonyl (C=O) groups excluding carboxylic acids is 1. The zero-order chi connectivity index (χ0) is 21.5. The quantitative estimate of drug-likeness (QED) is 0.588. The second-order valence-electron chi connectivity index (χ2n) is 7.28. The highest BCUT2D eigenvalue weighted by atomic mass is 16.6.